The fourth-order valence-electron chi connectivity index (χ4n) is 8.15. The highest BCUT2D eigenvalue weighted by atomic mass is 16.7. The lowest BCUT2D eigenvalue weighted by atomic mass is 9.89. The lowest BCUT2D eigenvalue weighted by molar-refractivity contribution is -0.140. The van der Waals surface area contributed by atoms with Gasteiger partial charge in [0.2, 0.25) is 0 Å². The number of hydrogen-bond acceptors (Lipinski definition) is 6. The molecular formula is C50H58N2O5. The van der Waals surface area contributed by atoms with E-state index in [0.29, 0.717) is 41.7 Å². The van der Waals surface area contributed by atoms with E-state index in [9.17, 15) is 9.59 Å². The number of benzene rings is 5. The molecule has 0 saturated heterocycles. The van der Waals surface area contributed by atoms with Crippen molar-refractivity contribution in [2.24, 2.45) is 11.1 Å². The van der Waals surface area contributed by atoms with Crippen LogP contribution in [-0.4, -0.2) is 40.8 Å². The number of aryl methyl sites for hydroxylation is 4. The second kappa shape index (κ2) is 17.5. The van der Waals surface area contributed by atoms with Gasteiger partial charge in [0.05, 0.1) is 17.7 Å². The minimum Gasteiger partial charge on any atom is -0.490 e. The summed E-state index contributed by atoms with van der Waals surface area (Å²) in [5.74, 6) is 0.596. The second-order valence-corrected chi connectivity index (χ2v) is 16.6. The Labute approximate surface area is 338 Å². The van der Waals surface area contributed by atoms with Crippen molar-refractivity contribution >= 4 is 50.0 Å². The van der Waals surface area contributed by atoms with Crippen molar-refractivity contribution in [2.75, 3.05) is 13.2 Å². The number of carbonyl (C=O) groups excluding carboxylic acids is 2. The van der Waals surface area contributed by atoms with E-state index >= 15 is 0 Å². The summed E-state index contributed by atoms with van der Waals surface area (Å²) in [6.45, 7) is 21.6. The van der Waals surface area contributed by atoms with Crippen molar-refractivity contribution in [2.45, 2.75) is 107 Å². The molecule has 1 unspecified atom stereocenters. The van der Waals surface area contributed by atoms with Crippen LogP contribution in [0.2, 0.25) is 0 Å². The topological polar surface area (TPSA) is 79.1 Å². The van der Waals surface area contributed by atoms with Gasteiger partial charge in [-0.05, 0) is 113 Å². The normalized spacial score (nSPS) is 12.8. The molecule has 1 aromatic heterocycles. The van der Waals surface area contributed by atoms with Crippen molar-refractivity contribution in [1.82, 2.24) is 4.57 Å². The van der Waals surface area contributed by atoms with Crippen molar-refractivity contribution < 1.29 is 23.9 Å². The molecule has 1 atom stereocenters. The smallest absolute Gasteiger partial charge is 0.332 e. The SMILES string of the molecule is CCCCC(CC)Cn1c2ccc(/C(=N\OC(C)=O)c3ccc(C)cc3OCCOC(C)(C)C)cc2c2cc(C(=O)c3c(C)cc(C)cc3C)c3ccccc3c21. The molecule has 298 valence electrons. The molecule has 0 N–H and O–H groups in total. The van der Waals surface area contributed by atoms with E-state index in [2.05, 4.69) is 79.0 Å². The predicted molar refractivity (Wildman–Crippen MR) is 234 cm³/mol. The largest absolute Gasteiger partial charge is 0.490 e. The molecule has 6 aromatic rings. The van der Waals surface area contributed by atoms with E-state index in [1.54, 1.807) is 0 Å². The first-order chi connectivity index (χ1) is 27.2. The highest BCUT2D eigenvalue weighted by Gasteiger charge is 2.25. The Kier molecular flexibility index (Phi) is 12.7. The molecule has 0 bridgehead atoms. The number of nitrogens with zero attached hydrogens (tertiary/aromatic N) is 2. The Hall–Kier alpha value is -5.27. The van der Waals surface area contributed by atoms with Crippen LogP contribution in [0.4, 0.5) is 0 Å². The Bertz CT molecular complexity index is 2460. The summed E-state index contributed by atoms with van der Waals surface area (Å²) in [4.78, 5) is 32.4. The number of oxime groups is 1. The van der Waals surface area contributed by atoms with Gasteiger partial charge in [-0.2, -0.15) is 0 Å². The zero-order valence-corrected chi connectivity index (χ0v) is 35.5. The third-order valence-corrected chi connectivity index (χ3v) is 10.8. The molecule has 0 aliphatic carbocycles. The van der Waals surface area contributed by atoms with Crippen LogP contribution >= 0.6 is 0 Å². The van der Waals surface area contributed by atoms with E-state index in [1.165, 1.54) is 13.3 Å². The van der Waals surface area contributed by atoms with Gasteiger partial charge in [-0.15, -0.1) is 0 Å². The van der Waals surface area contributed by atoms with E-state index in [4.69, 9.17) is 14.3 Å². The molecule has 0 spiro atoms. The summed E-state index contributed by atoms with van der Waals surface area (Å²) in [5, 5.41) is 8.44. The second-order valence-electron chi connectivity index (χ2n) is 16.6. The van der Waals surface area contributed by atoms with Crippen LogP contribution in [0.25, 0.3) is 32.6 Å². The summed E-state index contributed by atoms with van der Waals surface area (Å²) in [6, 6.07) is 26.9. The van der Waals surface area contributed by atoms with Gasteiger partial charge in [0.25, 0.3) is 0 Å². The first-order valence-electron chi connectivity index (χ1n) is 20.4. The van der Waals surface area contributed by atoms with E-state index in [1.807, 2.05) is 71.9 Å². The minimum absolute atomic E-state index is 0.0172. The highest BCUT2D eigenvalue weighted by Crippen LogP contribution is 2.39. The van der Waals surface area contributed by atoms with Gasteiger partial charge in [0, 0.05) is 57.4 Å². The molecule has 0 aliphatic heterocycles. The summed E-state index contributed by atoms with van der Waals surface area (Å²) in [5.41, 5.74) is 9.33. The van der Waals surface area contributed by atoms with Crippen LogP contribution in [0.5, 0.6) is 5.75 Å². The summed E-state index contributed by atoms with van der Waals surface area (Å²) in [6.07, 6.45) is 4.53. The third-order valence-electron chi connectivity index (χ3n) is 10.8. The molecule has 0 aliphatic rings. The van der Waals surface area contributed by atoms with Crippen molar-refractivity contribution in [3.8, 4) is 5.75 Å². The number of ketones is 1. The number of hydrogen-bond donors (Lipinski definition) is 0. The molecule has 7 heteroatoms. The standard InChI is InChI=1S/C50H58N2O5/c1-11-13-16-36(12-2)30-52-44-22-20-37(47(51-57-35(7)53)40-21-19-31(3)27-45(40)55-23-24-56-50(8,9)10)28-41(44)42-29-43(38-17-14-15-18-39(38)48(42)52)49(54)46-33(5)25-32(4)26-34(46)6/h14-15,17-22,25-29,36H,11-13,16,23-24,30H2,1-10H3/b51-47+. The van der Waals surface area contributed by atoms with Gasteiger partial charge < -0.3 is 18.9 Å². The number of rotatable bonds is 15. The molecule has 0 fully saturated rings. The zero-order valence-electron chi connectivity index (χ0n) is 35.5. The fourth-order valence-corrected chi connectivity index (χ4v) is 8.15. The third kappa shape index (κ3) is 9.15. The summed E-state index contributed by atoms with van der Waals surface area (Å²) in [7, 11) is 0. The van der Waals surface area contributed by atoms with Gasteiger partial charge in [-0.3, -0.25) is 4.79 Å². The van der Waals surface area contributed by atoms with E-state index < -0.39 is 5.97 Å². The van der Waals surface area contributed by atoms with Crippen LogP contribution in [-0.2, 0) is 20.9 Å². The lowest BCUT2D eigenvalue weighted by Gasteiger charge is -2.20. The number of ether oxygens (including phenoxy) is 2. The van der Waals surface area contributed by atoms with E-state index in [0.717, 1.165) is 91.8 Å². The molecule has 1 heterocycles. The summed E-state index contributed by atoms with van der Waals surface area (Å²) >= 11 is 0. The number of aromatic nitrogens is 1. The highest BCUT2D eigenvalue weighted by molar-refractivity contribution is 6.27. The van der Waals surface area contributed by atoms with E-state index in [-0.39, 0.29) is 11.4 Å². The van der Waals surface area contributed by atoms with Gasteiger partial charge in [-0.25, -0.2) is 4.79 Å². The van der Waals surface area contributed by atoms with Crippen LogP contribution < -0.4 is 4.74 Å². The lowest BCUT2D eigenvalue weighted by Crippen LogP contribution is -2.22. The maximum absolute atomic E-state index is 14.8. The van der Waals surface area contributed by atoms with Gasteiger partial charge in [-0.1, -0.05) is 92.4 Å². The van der Waals surface area contributed by atoms with Crippen LogP contribution in [0.3, 0.4) is 0 Å². The minimum atomic E-state index is -0.521. The van der Waals surface area contributed by atoms with Crippen LogP contribution in [0.15, 0.2) is 84.0 Å². The average molecular weight is 767 g/mol. The first kappa shape index (κ1) is 41.4. The molecule has 0 saturated carbocycles. The predicted octanol–water partition coefficient (Wildman–Crippen LogP) is 12.1. The molecule has 57 heavy (non-hydrogen) atoms. The quantitative estimate of drug-likeness (QED) is 0.0342. The zero-order chi connectivity index (χ0) is 41.0. The first-order valence-corrected chi connectivity index (χ1v) is 20.4. The van der Waals surface area contributed by atoms with Crippen molar-refractivity contribution in [3.05, 3.63) is 123 Å². The van der Waals surface area contributed by atoms with Gasteiger partial charge in [0.1, 0.15) is 18.1 Å². The molecule has 0 amide bonds. The Morgan fingerprint density at radius 2 is 1.49 bits per heavy atom. The number of fused-ring (bicyclic) bond motifs is 5. The Morgan fingerprint density at radius 3 is 2.16 bits per heavy atom. The molecule has 7 nitrogen and oxygen atoms in total. The molecule has 6 rings (SSSR count). The van der Waals surface area contributed by atoms with Gasteiger partial charge in [0.15, 0.2) is 5.78 Å². The van der Waals surface area contributed by atoms with Crippen LogP contribution in [0, 0.1) is 33.6 Å². The van der Waals surface area contributed by atoms with Crippen molar-refractivity contribution in [1.29, 1.82) is 0 Å². The maximum Gasteiger partial charge on any atom is 0.332 e. The molecule has 5 aromatic carbocycles. The summed E-state index contributed by atoms with van der Waals surface area (Å²) < 4.78 is 14.8. The van der Waals surface area contributed by atoms with Gasteiger partial charge >= 0.3 is 5.97 Å². The molecule has 0 radical (unpaired) electrons. The Balaban J connectivity index is 1.61. The maximum atomic E-state index is 14.8. The van der Waals surface area contributed by atoms with Crippen molar-refractivity contribution in [3.63, 3.8) is 0 Å². The fraction of sp³-hybridized carbons (Fsp3) is 0.380. The van der Waals surface area contributed by atoms with Crippen LogP contribution in [0.1, 0.15) is 117 Å². The number of unbranched alkanes of at least 4 members (excludes halogenated alkanes) is 1. The average Bonchev–Trinajstić information content (AvgIpc) is 3.46. The molecular weight excluding hydrogens is 709 g/mol. The number of carbonyl (C=O) groups is 2. The monoisotopic (exact) mass is 766 g/mol. The Morgan fingerprint density at radius 1 is 0.772 bits per heavy atom.